The molecule has 0 saturated carbocycles. The third-order valence-corrected chi connectivity index (χ3v) is 5.55. The lowest BCUT2D eigenvalue weighted by Crippen LogP contribution is -2.33. The van der Waals surface area contributed by atoms with Gasteiger partial charge in [-0.15, -0.1) is 0 Å². The summed E-state index contributed by atoms with van der Waals surface area (Å²) in [6, 6.07) is 11.0. The van der Waals surface area contributed by atoms with E-state index in [0.717, 1.165) is 36.4 Å². The van der Waals surface area contributed by atoms with Crippen LogP contribution in [0, 0.1) is 0 Å². The lowest BCUT2D eigenvalue weighted by molar-refractivity contribution is -0.117. The van der Waals surface area contributed by atoms with Gasteiger partial charge in [-0.05, 0) is 49.7 Å². The molecule has 3 rings (SSSR count). The average molecular weight is 409 g/mol. The first-order valence-electron chi connectivity index (χ1n) is 8.73. The van der Waals surface area contributed by atoms with Crippen LogP contribution >= 0.6 is 23.2 Å². The second kappa shape index (κ2) is 8.83. The number of methoxy groups -OCH3 is 2. The minimum Gasteiger partial charge on any atom is -0.497 e. The predicted molar refractivity (Wildman–Crippen MR) is 108 cm³/mol. The van der Waals surface area contributed by atoms with E-state index in [2.05, 4.69) is 10.2 Å². The maximum Gasteiger partial charge on any atom is 0.238 e. The minimum absolute atomic E-state index is 0.0932. The number of carbonyl (C=O) groups excluding carboxylic acids is 1. The van der Waals surface area contributed by atoms with Gasteiger partial charge >= 0.3 is 0 Å². The van der Waals surface area contributed by atoms with Crippen LogP contribution in [0.5, 0.6) is 11.5 Å². The fourth-order valence-corrected chi connectivity index (χ4v) is 3.79. The van der Waals surface area contributed by atoms with Crippen LogP contribution in [0.3, 0.4) is 0 Å². The number of amides is 1. The highest BCUT2D eigenvalue weighted by atomic mass is 35.5. The molecule has 2 aromatic rings. The molecule has 1 N–H and O–H groups in total. The minimum atomic E-state index is -0.132. The molecule has 0 bridgehead atoms. The molecular weight excluding hydrogens is 387 g/mol. The van der Waals surface area contributed by atoms with Crippen molar-refractivity contribution in [2.24, 2.45) is 0 Å². The molecule has 1 aliphatic rings. The summed E-state index contributed by atoms with van der Waals surface area (Å²) in [5, 5.41) is 3.61. The Morgan fingerprint density at radius 2 is 2.04 bits per heavy atom. The Bertz CT molecular complexity index is 829. The van der Waals surface area contributed by atoms with Gasteiger partial charge in [-0.3, -0.25) is 9.69 Å². The largest absolute Gasteiger partial charge is 0.497 e. The van der Waals surface area contributed by atoms with Crippen molar-refractivity contribution in [3.05, 3.63) is 52.0 Å². The molecule has 1 atom stereocenters. The first-order valence-corrected chi connectivity index (χ1v) is 9.49. The summed E-state index contributed by atoms with van der Waals surface area (Å²) < 4.78 is 10.9. The van der Waals surface area contributed by atoms with Gasteiger partial charge in [0.1, 0.15) is 11.5 Å². The summed E-state index contributed by atoms with van der Waals surface area (Å²) in [6.07, 6.45) is 1.96. The zero-order chi connectivity index (χ0) is 19.4. The number of halogens is 2. The molecule has 0 aromatic heterocycles. The highest BCUT2D eigenvalue weighted by molar-refractivity contribution is 6.44. The molecule has 0 radical (unpaired) electrons. The summed E-state index contributed by atoms with van der Waals surface area (Å²) in [6.45, 7) is 1.09. The molecule has 0 unspecified atom stereocenters. The van der Waals surface area contributed by atoms with Crippen LogP contribution < -0.4 is 14.8 Å². The van der Waals surface area contributed by atoms with Crippen LogP contribution in [-0.4, -0.2) is 38.1 Å². The number of likely N-dealkylation sites (tertiary alicyclic amines) is 1. The summed E-state index contributed by atoms with van der Waals surface area (Å²) in [5.74, 6) is 1.44. The van der Waals surface area contributed by atoms with Crippen molar-refractivity contribution in [2.45, 2.75) is 18.9 Å². The van der Waals surface area contributed by atoms with Crippen LogP contribution in [-0.2, 0) is 4.79 Å². The van der Waals surface area contributed by atoms with E-state index in [1.807, 2.05) is 18.2 Å². The lowest BCUT2D eigenvalue weighted by Gasteiger charge is -2.26. The van der Waals surface area contributed by atoms with E-state index in [4.69, 9.17) is 32.7 Å². The fraction of sp³-hybridized carbons (Fsp3) is 0.350. The first kappa shape index (κ1) is 19.8. The molecule has 1 heterocycles. The predicted octanol–water partition coefficient (Wildman–Crippen LogP) is 4.79. The van der Waals surface area contributed by atoms with Gasteiger partial charge in [0.2, 0.25) is 5.91 Å². The number of benzene rings is 2. The van der Waals surface area contributed by atoms with Gasteiger partial charge in [0.25, 0.3) is 0 Å². The zero-order valence-corrected chi connectivity index (χ0v) is 16.8. The number of hydrogen-bond acceptors (Lipinski definition) is 4. The van der Waals surface area contributed by atoms with Crippen molar-refractivity contribution in [1.82, 2.24) is 4.90 Å². The molecular formula is C20H22Cl2N2O3. The van der Waals surface area contributed by atoms with Crippen molar-refractivity contribution >= 4 is 34.8 Å². The normalized spacial score (nSPS) is 17.0. The summed E-state index contributed by atoms with van der Waals surface area (Å²) >= 11 is 12.2. The molecule has 1 aliphatic heterocycles. The Morgan fingerprint density at radius 3 is 2.78 bits per heavy atom. The standard InChI is InChI=1S/C20H22Cl2N2O3/c1-26-13-8-9-18(27-2)14(11-13)17-7-4-10-24(17)12-19(25)23-16-6-3-5-15(21)20(16)22/h3,5-6,8-9,11,17H,4,7,10,12H2,1-2H3,(H,23,25)/t17-/m0/s1. The quantitative estimate of drug-likeness (QED) is 0.746. The van der Waals surface area contributed by atoms with Crippen molar-refractivity contribution in [2.75, 3.05) is 32.6 Å². The molecule has 2 aromatic carbocycles. The van der Waals surface area contributed by atoms with Crippen molar-refractivity contribution < 1.29 is 14.3 Å². The first-order chi connectivity index (χ1) is 13.0. The molecule has 0 spiro atoms. The van der Waals surface area contributed by atoms with Crippen molar-refractivity contribution in [1.29, 1.82) is 0 Å². The maximum atomic E-state index is 12.6. The van der Waals surface area contributed by atoms with Crippen molar-refractivity contribution in [3.8, 4) is 11.5 Å². The number of carbonyl (C=O) groups is 1. The van der Waals surface area contributed by atoms with Gasteiger partial charge in [-0.25, -0.2) is 0 Å². The Labute approximate surface area is 169 Å². The van der Waals surface area contributed by atoms with E-state index in [1.54, 1.807) is 32.4 Å². The molecule has 1 amide bonds. The third kappa shape index (κ3) is 4.49. The summed E-state index contributed by atoms with van der Waals surface area (Å²) in [4.78, 5) is 14.7. The topological polar surface area (TPSA) is 50.8 Å². The number of rotatable bonds is 6. The van der Waals surface area contributed by atoms with Crippen molar-refractivity contribution in [3.63, 3.8) is 0 Å². The zero-order valence-electron chi connectivity index (χ0n) is 15.3. The van der Waals surface area contributed by atoms with Crippen LogP contribution in [0.4, 0.5) is 5.69 Å². The Kier molecular flexibility index (Phi) is 6.47. The van der Waals surface area contributed by atoms with Crippen LogP contribution in [0.2, 0.25) is 10.0 Å². The number of nitrogens with zero attached hydrogens (tertiary/aromatic N) is 1. The third-order valence-electron chi connectivity index (χ3n) is 4.73. The van der Waals surface area contributed by atoms with Gasteiger partial charge in [-0.1, -0.05) is 29.3 Å². The lowest BCUT2D eigenvalue weighted by atomic mass is 10.0. The van der Waals surface area contributed by atoms with Gasteiger partial charge in [0, 0.05) is 11.6 Å². The van der Waals surface area contributed by atoms with E-state index in [9.17, 15) is 4.79 Å². The molecule has 1 fully saturated rings. The molecule has 5 nitrogen and oxygen atoms in total. The van der Waals surface area contributed by atoms with Crippen LogP contribution in [0.25, 0.3) is 0 Å². The second-order valence-corrected chi connectivity index (χ2v) is 7.17. The Balaban J connectivity index is 1.75. The smallest absolute Gasteiger partial charge is 0.238 e. The van der Waals surface area contributed by atoms with E-state index in [1.165, 1.54) is 0 Å². The number of anilines is 1. The van der Waals surface area contributed by atoms with E-state index >= 15 is 0 Å². The van der Waals surface area contributed by atoms with Crippen LogP contribution in [0.1, 0.15) is 24.4 Å². The van der Waals surface area contributed by atoms with Gasteiger partial charge in [-0.2, -0.15) is 0 Å². The van der Waals surface area contributed by atoms with Gasteiger partial charge in [0.15, 0.2) is 0 Å². The van der Waals surface area contributed by atoms with E-state index in [0.29, 0.717) is 15.7 Å². The molecule has 144 valence electrons. The molecule has 1 saturated heterocycles. The highest BCUT2D eigenvalue weighted by Crippen LogP contribution is 2.38. The molecule has 27 heavy (non-hydrogen) atoms. The number of ether oxygens (including phenoxy) is 2. The Hall–Kier alpha value is -1.95. The second-order valence-electron chi connectivity index (χ2n) is 6.39. The number of hydrogen-bond donors (Lipinski definition) is 1. The van der Waals surface area contributed by atoms with Gasteiger partial charge in [0.05, 0.1) is 36.5 Å². The highest BCUT2D eigenvalue weighted by Gasteiger charge is 2.30. The fourth-order valence-electron chi connectivity index (χ4n) is 3.44. The SMILES string of the molecule is COc1ccc(OC)c([C@@H]2CCCN2CC(=O)Nc2cccc(Cl)c2Cl)c1. The average Bonchev–Trinajstić information content (AvgIpc) is 3.12. The summed E-state index contributed by atoms with van der Waals surface area (Å²) in [7, 11) is 3.29. The maximum absolute atomic E-state index is 12.6. The molecule has 7 heteroatoms. The molecule has 0 aliphatic carbocycles. The number of nitrogens with one attached hydrogen (secondary N) is 1. The summed E-state index contributed by atoms with van der Waals surface area (Å²) in [5.41, 5.74) is 1.55. The monoisotopic (exact) mass is 408 g/mol. The van der Waals surface area contributed by atoms with Crippen LogP contribution in [0.15, 0.2) is 36.4 Å². The van der Waals surface area contributed by atoms with Gasteiger partial charge < -0.3 is 14.8 Å². The van der Waals surface area contributed by atoms with E-state index in [-0.39, 0.29) is 18.5 Å². The Morgan fingerprint density at radius 1 is 1.22 bits per heavy atom. The van der Waals surface area contributed by atoms with E-state index < -0.39 is 0 Å².